The molecular weight excluding hydrogens is 445 g/mol. The number of carbonyl (C=O) groups is 1. The van der Waals surface area contributed by atoms with Gasteiger partial charge in [0.1, 0.15) is 17.4 Å². The number of rotatable bonds is 9. The van der Waals surface area contributed by atoms with Gasteiger partial charge < -0.3 is 15.4 Å². The van der Waals surface area contributed by atoms with Gasteiger partial charge in [0.25, 0.3) is 0 Å². The number of benzene rings is 1. The maximum atomic E-state index is 13.4. The molecule has 8 heteroatoms. The third-order valence-corrected chi connectivity index (χ3v) is 5.21. The van der Waals surface area contributed by atoms with E-state index in [2.05, 4.69) is 27.6 Å². The summed E-state index contributed by atoms with van der Waals surface area (Å²) in [4.78, 5) is 16.8. The number of carbonyl (C=O) groups excluding carboxylic acids is 1. The Morgan fingerprint density at radius 2 is 2.11 bits per heavy atom. The number of ether oxygens (including phenoxy) is 1. The summed E-state index contributed by atoms with van der Waals surface area (Å²) in [6.45, 7) is 4.52. The smallest absolute Gasteiger partial charge is 0.216 e. The maximum absolute atomic E-state index is 13.4. The van der Waals surface area contributed by atoms with E-state index in [1.807, 2.05) is 38.3 Å². The zero-order chi connectivity index (χ0) is 25.2. The number of anilines is 1. The summed E-state index contributed by atoms with van der Waals surface area (Å²) in [5.74, 6) is 0.715. The molecule has 0 unspecified atom stereocenters. The van der Waals surface area contributed by atoms with Gasteiger partial charge in [-0.2, -0.15) is 5.10 Å². The van der Waals surface area contributed by atoms with E-state index >= 15 is 0 Å². The van der Waals surface area contributed by atoms with E-state index in [0.717, 1.165) is 23.4 Å². The van der Waals surface area contributed by atoms with Gasteiger partial charge in [0.05, 0.1) is 18.3 Å². The predicted molar refractivity (Wildman–Crippen MR) is 138 cm³/mol. The van der Waals surface area contributed by atoms with Crippen LogP contribution in [0.2, 0.25) is 0 Å². The summed E-state index contributed by atoms with van der Waals surface area (Å²) in [5, 5.41) is 10.6. The highest BCUT2D eigenvalue weighted by Crippen LogP contribution is 2.25. The van der Waals surface area contributed by atoms with E-state index in [1.165, 1.54) is 18.2 Å². The highest BCUT2D eigenvalue weighted by molar-refractivity contribution is 6.08. The minimum absolute atomic E-state index is 0.157. The Bertz CT molecular complexity index is 1240. The number of nitrogens with zero attached hydrogens (tertiary/aromatic N) is 3. The van der Waals surface area contributed by atoms with Crippen molar-refractivity contribution in [3.63, 3.8) is 0 Å². The van der Waals surface area contributed by atoms with Crippen molar-refractivity contribution in [2.45, 2.75) is 26.8 Å². The first kappa shape index (κ1) is 25.4. The van der Waals surface area contributed by atoms with Crippen molar-refractivity contribution < 1.29 is 13.9 Å². The molecule has 35 heavy (non-hydrogen) atoms. The average molecular weight is 476 g/mol. The van der Waals surface area contributed by atoms with Gasteiger partial charge in [-0.05, 0) is 37.6 Å². The van der Waals surface area contributed by atoms with Gasteiger partial charge in [-0.1, -0.05) is 42.9 Å². The van der Waals surface area contributed by atoms with Crippen molar-refractivity contribution in [2.24, 2.45) is 4.99 Å². The summed E-state index contributed by atoms with van der Waals surface area (Å²) >= 11 is 0. The van der Waals surface area contributed by atoms with Crippen LogP contribution in [0.15, 0.2) is 95.0 Å². The lowest BCUT2D eigenvalue weighted by atomic mass is 10.2. The lowest BCUT2D eigenvalue weighted by Gasteiger charge is -2.06. The fourth-order valence-electron chi connectivity index (χ4n) is 3.30. The molecule has 0 bridgehead atoms. The van der Waals surface area contributed by atoms with E-state index in [4.69, 9.17) is 4.74 Å². The first-order valence-electron chi connectivity index (χ1n) is 11.3. The van der Waals surface area contributed by atoms with Crippen molar-refractivity contribution in [3.05, 3.63) is 101 Å². The van der Waals surface area contributed by atoms with E-state index in [1.54, 1.807) is 42.2 Å². The summed E-state index contributed by atoms with van der Waals surface area (Å²) in [6.07, 6.45) is 15.3. The van der Waals surface area contributed by atoms with Crippen LogP contribution in [-0.2, 0) is 6.54 Å². The predicted octanol–water partition coefficient (Wildman–Crippen LogP) is 5.19. The summed E-state index contributed by atoms with van der Waals surface area (Å²) in [5.41, 5.74) is 3.44. The maximum Gasteiger partial charge on any atom is 0.216 e. The molecule has 1 aliphatic rings. The Labute approximate surface area is 205 Å². The largest absolute Gasteiger partial charge is 0.439 e. The number of aromatic nitrogens is 2. The number of halogens is 1. The molecule has 1 aromatic carbocycles. The Morgan fingerprint density at radius 3 is 2.83 bits per heavy atom. The molecule has 2 heterocycles. The van der Waals surface area contributed by atoms with Crippen molar-refractivity contribution in [2.75, 3.05) is 19.4 Å². The quantitative estimate of drug-likeness (QED) is 0.171. The number of fused-ring (bicyclic) bond motifs is 1. The van der Waals surface area contributed by atoms with Crippen molar-refractivity contribution in [3.8, 4) is 5.75 Å². The van der Waals surface area contributed by atoms with Crippen LogP contribution in [0.1, 0.15) is 30.6 Å². The third-order valence-electron chi connectivity index (χ3n) is 5.21. The normalized spacial score (nSPS) is 15.7. The first-order valence-corrected chi connectivity index (χ1v) is 11.3. The highest BCUT2D eigenvalue weighted by Gasteiger charge is 2.23. The van der Waals surface area contributed by atoms with Crippen LogP contribution < -0.4 is 15.4 Å². The molecule has 0 saturated heterocycles. The molecule has 2 N–H and O–H groups in total. The van der Waals surface area contributed by atoms with Crippen molar-refractivity contribution >= 4 is 17.5 Å². The monoisotopic (exact) mass is 475 g/mol. The van der Waals surface area contributed by atoms with Crippen LogP contribution in [0.4, 0.5) is 10.2 Å². The topological polar surface area (TPSA) is 80.5 Å². The SMILES string of the molecule is CC\C(=C/C=C(C)\C=C\C=C\C(=O)c1cnn2c1N/C(=C/C(=N\C)Oc1cccc(F)c1)C2)NC. The van der Waals surface area contributed by atoms with E-state index in [-0.39, 0.29) is 5.78 Å². The molecule has 7 nitrogen and oxygen atoms in total. The Hall–Kier alpha value is -4.20. The van der Waals surface area contributed by atoms with Gasteiger partial charge in [-0.3, -0.25) is 9.79 Å². The second-order valence-corrected chi connectivity index (χ2v) is 7.77. The molecule has 3 rings (SSSR count). The number of allylic oxidation sites excluding steroid dienone is 9. The molecule has 2 aromatic rings. The standard InChI is InChI=1S/C27H30FN5O2/c1-5-21(29-3)14-13-19(2)9-6-7-12-25(34)24-17-31-33-18-22(32-27(24)33)16-26(30-4)35-23-11-8-10-20(28)15-23/h6-17,29,32H,5,18H2,1-4H3/b9-6+,12-7+,19-13-,21-14+,22-16+,30-26+. The van der Waals surface area contributed by atoms with Gasteiger partial charge in [0, 0.05) is 37.6 Å². The molecule has 0 aliphatic carbocycles. The van der Waals surface area contributed by atoms with Gasteiger partial charge in [0.15, 0.2) is 5.78 Å². The first-order chi connectivity index (χ1) is 16.9. The van der Waals surface area contributed by atoms with E-state index < -0.39 is 5.82 Å². The number of aliphatic imine (C=N–C) groups is 1. The second kappa shape index (κ2) is 12.3. The average Bonchev–Trinajstić information content (AvgIpc) is 3.42. The van der Waals surface area contributed by atoms with Crippen LogP contribution >= 0.6 is 0 Å². The van der Waals surface area contributed by atoms with Gasteiger partial charge in [-0.25, -0.2) is 9.07 Å². The highest BCUT2D eigenvalue weighted by atomic mass is 19.1. The van der Waals surface area contributed by atoms with Crippen LogP contribution in [0.25, 0.3) is 0 Å². The third kappa shape index (κ3) is 7.14. The van der Waals surface area contributed by atoms with E-state index in [0.29, 0.717) is 29.6 Å². The Balaban J connectivity index is 1.63. The molecule has 1 aliphatic heterocycles. The van der Waals surface area contributed by atoms with Crippen LogP contribution in [0.3, 0.4) is 0 Å². The van der Waals surface area contributed by atoms with Gasteiger partial charge >= 0.3 is 0 Å². The van der Waals surface area contributed by atoms with Gasteiger partial charge in [0.2, 0.25) is 5.90 Å². The molecule has 0 radical (unpaired) electrons. The number of ketones is 1. The second-order valence-electron chi connectivity index (χ2n) is 7.77. The molecule has 0 saturated carbocycles. The van der Waals surface area contributed by atoms with Crippen molar-refractivity contribution in [1.29, 1.82) is 0 Å². The lowest BCUT2D eigenvalue weighted by Crippen LogP contribution is -2.09. The lowest BCUT2D eigenvalue weighted by molar-refractivity contribution is 0.104. The molecule has 1 aromatic heterocycles. The minimum Gasteiger partial charge on any atom is -0.439 e. The van der Waals surface area contributed by atoms with Gasteiger partial charge in [-0.15, -0.1) is 0 Å². The molecule has 0 spiro atoms. The number of hydrogen-bond acceptors (Lipinski definition) is 6. The fraction of sp³-hybridized carbons (Fsp3) is 0.222. The van der Waals surface area contributed by atoms with Crippen LogP contribution in [-0.4, -0.2) is 35.6 Å². The zero-order valence-electron chi connectivity index (χ0n) is 20.4. The molecular formula is C27H30FN5O2. The summed E-state index contributed by atoms with van der Waals surface area (Å²) in [6, 6.07) is 5.84. The van der Waals surface area contributed by atoms with Crippen LogP contribution in [0.5, 0.6) is 5.75 Å². The molecule has 182 valence electrons. The minimum atomic E-state index is -0.391. The molecule has 0 amide bonds. The fourth-order valence-corrected chi connectivity index (χ4v) is 3.30. The molecule has 0 fully saturated rings. The number of hydrogen-bond donors (Lipinski definition) is 2. The number of nitrogens with one attached hydrogen (secondary N) is 2. The Morgan fingerprint density at radius 1 is 1.31 bits per heavy atom. The van der Waals surface area contributed by atoms with Crippen LogP contribution in [0, 0.1) is 5.82 Å². The Kier molecular flexibility index (Phi) is 8.95. The van der Waals surface area contributed by atoms with Crippen molar-refractivity contribution in [1.82, 2.24) is 15.1 Å². The molecule has 0 atom stereocenters. The van der Waals surface area contributed by atoms with E-state index in [9.17, 15) is 9.18 Å². The zero-order valence-corrected chi connectivity index (χ0v) is 20.4. The summed E-state index contributed by atoms with van der Waals surface area (Å²) < 4.78 is 20.8. The summed E-state index contributed by atoms with van der Waals surface area (Å²) in [7, 11) is 3.49.